The Morgan fingerprint density at radius 3 is 1.65 bits per heavy atom. The summed E-state index contributed by atoms with van der Waals surface area (Å²) in [5.74, 6) is -1.41. The quantitative estimate of drug-likeness (QED) is 0.119. The van der Waals surface area contributed by atoms with Crippen LogP contribution in [0.2, 0.25) is 5.82 Å². The standard InChI is InChI=1S/C43H36BO8/c45-42(49-22-35-31-18-8-4-14-27(31)28-15-5-9-19-32(28)35)44-37-24-47-38-25-48-41(26-12-2-1-3-13-26)51-40(38)39(37)52-43(46)50-23-36-33-20-10-6-16-29(33)30-17-7-11-21-34(30)36/h1-21,35-41H,22-25H2/t37?,38?,39?,40-,41?/m1/s1. The average molecular weight is 692 g/mol. The van der Waals surface area contributed by atoms with E-state index in [1.165, 1.54) is 7.28 Å². The topological polar surface area (TPSA) is 89.5 Å². The van der Waals surface area contributed by atoms with E-state index >= 15 is 0 Å². The van der Waals surface area contributed by atoms with Gasteiger partial charge in [-0.1, -0.05) is 127 Å². The van der Waals surface area contributed by atoms with Gasteiger partial charge < -0.3 is 28.4 Å². The van der Waals surface area contributed by atoms with Crippen molar-refractivity contribution in [2.24, 2.45) is 0 Å². The second kappa shape index (κ2) is 14.1. The van der Waals surface area contributed by atoms with Crippen LogP contribution in [0.5, 0.6) is 0 Å². The Balaban J connectivity index is 0.919. The van der Waals surface area contributed by atoms with E-state index in [9.17, 15) is 9.59 Å². The van der Waals surface area contributed by atoms with Crippen LogP contribution in [0.3, 0.4) is 0 Å². The third kappa shape index (κ3) is 6.08. The van der Waals surface area contributed by atoms with Crippen LogP contribution in [0.25, 0.3) is 22.3 Å². The second-order valence-corrected chi connectivity index (χ2v) is 13.6. The van der Waals surface area contributed by atoms with Gasteiger partial charge in [-0.25, -0.2) is 4.79 Å². The molecule has 52 heavy (non-hydrogen) atoms. The predicted molar refractivity (Wildman–Crippen MR) is 194 cm³/mol. The smallest absolute Gasteiger partial charge is 0.473 e. The molecule has 1 radical (unpaired) electrons. The maximum Gasteiger partial charge on any atom is 0.508 e. The van der Waals surface area contributed by atoms with E-state index < -0.39 is 42.4 Å². The third-order valence-corrected chi connectivity index (χ3v) is 10.6. The van der Waals surface area contributed by atoms with E-state index in [0.717, 1.165) is 50.1 Å². The summed E-state index contributed by atoms with van der Waals surface area (Å²) in [5, 5.41) is 0. The second-order valence-electron chi connectivity index (χ2n) is 13.6. The van der Waals surface area contributed by atoms with Gasteiger partial charge in [0.15, 0.2) is 6.29 Å². The molecule has 5 aromatic rings. The number of benzene rings is 5. The van der Waals surface area contributed by atoms with Crippen LogP contribution in [0.1, 0.15) is 45.9 Å². The molecule has 4 unspecified atom stereocenters. The molecule has 4 aliphatic rings. The summed E-state index contributed by atoms with van der Waals surface area (Å²) in [6.45, 7) is 0.602. The van der Waals surface area contributed by atoms with Crippen LogP contribution in [-0.2, 0) is 28.4 Å². The molecule has 259 valence electrons. The summed E-state index contributed by atoms with van der Waals surface area (Å²) in [6, 6.07) is 42.3. The van der Waals surface area contributed by atoms with E-state index in [-0.39, 0.29) is 38.3 Å². The third-order valence-electron chi connectivity index (χ3n) is 10.6. The molecule has 0 N–H and O–H groups in total. The summed E-state index contributed by atoms with van der Waals surface area (Å²) >= 11 is 0. The fourth-order valence-corrected chi connectivity index (χ4v) is 8.20. The number of hydrogen-bond acceptors (Lipinski definition) is 8. The van der Waals surface area contributed by atoms with Gasteiger partial charge in [-0.3, -0.25) is 4.79 Å². The van der Waals surface area contributed by atoms with Gasteiger partial charge >= 0.3 is 6.16 Å². The molecule has 9 heteroatoms. The molecule has 5 atom stereocenters. The molecule has 2 aliphatic carbocycles. The lowest BCUT2D eigenvalue weighted by molar-refractivity contribution is -0.299. The average Bonchev–Trinajstić information content (AvgIpc) is 3.69. The number of rotatable bonds is 8. The van der Waals surface area contributed by atoms with Crippen molar-refractivity contribution in [1.29, 1.82) is 0 Å². The van der Waals surface area contributed by atoms with Crippen molar-refractivity contribution in [1.82, 2.24) is 0 Å². The highest BCUT2D eigenvalue weighted by atomic mass is 16.8. The molecule has 2 aliphatic heterocycles. The van der Waals surface area contributed by atoms with Gasteiger partial charge in [0, 0.05) is 29.8 Å². The van der Waals surface area contributed by atoms with Crippen molar-refractivity contribution in [2.45, 2.75) is 42.3 Å². The van der Waals surface area contributed by atoms with Crippen molar-refractivity contribution in [3.05, 3.63) is 155 Å². The molecule has 2 saturated heterocycles. The van der Waals surface area contributed by atoms with E-state index in [4.69, 9.17) is 28.4 Å². The van der Waals surface area contributed by atoms with Crippen LogP contribution >= 0.6 is 0 Å². The zero-order valence-corrected chi connectivity index (χ0v) is 28.3. The highest BCUT2D eigenvalue weighted by molar-refractivity contribution is 6.73. The summed E-state index contributed by atoms with van der Waals surface area (Å²) in [5.41, 5.74) is 9.83. The Labute approximate surface area is 302 Å². The van der Waals surface area contributed by atoms with Gasteiger partial charge in [-0.05, 0) is 44.5 Å². The molecular weight excluding hydrogens is 655 g/mol. The van der Waals surface area contributed by atoms with Gasteiger partial charge in [0.25, 0.3) is 7.28 Å². The zero-order chi connectivity index (χ0) is 35.0. The Hall–Kier alpha value is -5.22. The Morgan fingerprint density at radius 1 is 0.596 bits per heavy atom. The highest BCUT2D eigenvalue weighted by Gasteiger charge is 2.49. The molecule has 0 amide bonds. The fraction of sp³-hybridized carbons (Fsp3) is 0.256. The normalized spacial score (nSPS) is 23.0. The van der Waals surface area contributed by atoms with Crippen molar-refractivity contribution >= 4 is 19.3 Å². The number of hydrogen-bond donors (Lipinski definition) is 0. The Bertz CT molecular complexity index is 2010. The van der Waals surface area contributed by atoms with E-state index in [1.807, 2.05) is 78.9 Å². The summed E-state index contributed by atoms with van der Waals surface area (Å²) in [6.07, 6.45) is -3.68. The van der Waals surface area contributed by atoms with Gasteiger partial charge in [-0.15, -0.1) is 0 Å². The number of fused-ring (bicyclic) bond motifs is 7. The molecular formula is C43H36BO8. The minimum Gasteiger partial charge on any atom is -0.473 e. The van der Waals surface area contributed by atoms with Gasteiger partial charge in [0.2, 0.25) is 5.87 Å². The summed E-state index contributed by atoms with van der Waals surface area (Å²) < 4.78 is 36.5. The molecule has 0 aromatic heterocycles. The van der Waals surface area contributed by atoms with Crippen molar-refractivity contribution in [3.8, 4) is 22.3 Å². The summed E-state index contributed by atoms with van der Waals surface area (Å²) in [7, 11) is 1.45. The van der Waals surface area contributed by atoms with E-state index in [0.29, 0.717) is 0 Å². The maximum atomic E-state index is 13.6. The van der Waals surface area contributed by atoms with Gasteiger partial charge in [-0.2, -0.15) is 0 Å². The highest BCUT2D eigenvalue weighted by Crippen LogP contribution is 2.46. The van der Waals surface area contributed by atoms with Crippen molar-refractivity contribution in [3.63, 3.8) is 0 Å². The molecule has 8 nitrogen and oxygen atoms in total. The van der Waals surface area contributed by atoms with Crippen LogP contribution in [0, 0.1) is 0 Å². The number of ether oxygens (including phenoxy) is 6. The number of carbonyl (C=O) groups excluding carboxylic acids is 2. The van der Waals surface area contributed by atoms with Gasteiger partial charge in [0.05, 0.1) is 6.61 Å². The van der Waals surface area contributed by atoms with Gasteiger partial charge in [0.1, 0.15) is 31.5 Å². The summed E-state index contributed by atoms with van der Waals surface area (Å²) in [4.78, 5) is 27.1. The van der Waals surface area contributed by atoms with Crippen molar-refractivity contribution in [2.75, 3.05) is 26.4 Å². The molecule has 2 fully saturated rings. The van der Waals surface area contributed by atoms with E-state index in [2.05, 4.69) is 48.5 Å². The first kappa shape index (κ1) is 32.7. The molecule has 0 spiro atoms. The lowest BCUT2D eigenvalue weighted by Crippen LogP contribution is -2.57. The number of carbonyl (C=O) groups is 2. The fourth-order valence-electron chi connectivity index (χ4n) is 8.20. The first-order valence-electron chi connectivity index (χ1n) is 17.8. The predicted octanol–water partition coefficient (Wildman–Crippen LogP) is 8.28. The first-order valence-corrected chi connectivity index (χ1v) is 17.8. The largest absolute Gasteiger partial charge is 0.508 e. The molecule has 0 bridgehead atoms. The monoisotopic (exact) mass is 691 g/mol. The Kier molecular flexibility index (Phi) is 8.84. The Morgan fingerprint density at radius 2 is 1.10 bits per heavy atom. The lowest BCUT2D eigenvalue weighted by atomic mass is 9.60. The molecule has 9 rings (SSSR count). The van der Waals surface area contributed by atoms with Crippen LogP contribution < -0.4 is 0 Å². The van der Waals surface area contributed by atoms with Crippen LogP contribution in [0.4, 0.5) is 9.59 Å². The minimum absolute atomic E-state index is 0.0879. The minimum atomic E-state index is -0.898. The lowest BCUT2D eigenvalue weighted by Gasteiger charge is -2.45. The van der Waals surface area contributed by atoms with E-state index in [1.54, 1.807) is 0 Å². The van der Waals surface area contributed by atoms with Crippen molar-refractivity contribution < 1.29 is 38.0 Å². The van der Waals surface area contributed by atoms with Crippen LogP contribution in [-0.4, -0.2) is 64.0 Å². The molecule has 0 saturated carbocycles. The molecule has 2 heterocycles. The first-order chi connectivity index (χ1) is 25.6. The molecule has 5 aromatic carbocycles. The SMILES string of the molecule is O=C([B]C1COC2COC(c3ccccc3)O[C@H]2C1OC(=O)OCC1c2ccccc2-c2ccccc21)OCC1c2ccccc2-c2ccccc21. The maximum absolute atomic E-state index is 13.6. The zero-order valence-electron chi connectivity index (χ0n) is 28.3. The van der Waals surface area contributed by atoms with Crippen LogP contribution in [0.15, 0.2) is 127 Å².